The number of hydrogen-bond acceptors (Lipinski definition) is 3. The van der Waals surface area contributed by atoms with Crippen LogP contribution in [-0.2, 0) is 16.0 Å². The Labute approximate surface area is 120 Å². The van der Waals surface area contributed by atoms with Crippen molar-refractivity contribution < 1.29 is 14.3 Å². The highest BCUT2D eigenvalue weighted by Gasteiger charge is 2.15. The standard InChI is InChI=1S/C16H23NO3/c1-19-15-5-2-4-13(12-15)7-8-16(18)17-10-9-14-6-3-11-20-14/h2,4-5,12,14H,3,6-11H2,1H3,(H,17,18). The highest BCUT2D eigenvalue weighted by Crippen LogP contribution is 2.15. The highest BCUT2D eigenvalue weighted by molar-refractivity contribution is 5.76. The van der Waals surface area contributed by atoms with Crippen LogP contribution in [0.25, 0.3) is 0 Å². The summed E-state index contributed by atoms with van der Waals surface area (Å²) in [4.78, 5) is 11.8. The van der Waals surface area contributed by atoms with Gasteiger partial charge in [-0.1, -0.05) is 12.1 Å². The van der Waals surface area contributed by atoms with Crippen LogP contribution in [0, 0.1) is 0 Å². The van der Waals surface area contributed by atoms with Crippen LogP contribution in [0.3, 0.4) is 0 Å². The van der Waals surface area contributed by atoms with Gasteiger partial charge in [0.2, 0.25) is 5.91 Å². The Morgan fingerprint density at radius 1 is 1.50 bits per heavy atom. The van der Waals surface area contributed by atoms with E-state index in [0.29, 0.717) is 19.1 Å². The average molecular weight is 277 g/mol. The summed E-state index contributed by atoms with van der Waals surface area (Å²) in [7, 11) is 1.65. The molecule has 1 aliphatic rings. The van der Waals surface area contributed by atoms with Crippen molar-refractivity contribution in [1.82, 2.24) is 5.32 Å². The first-order chi connectivity index (χ1) is 9.78. The first-order valence-electron chi connectivity index (χ1n) is 7.29. The van der Waals surface area contributed by atoms with Gasteiger partial charge in [0.15, 0.2) is 0 Å². The largest absolute Gasteiger partial charge is 0.497 e. The van der Waals surface area contributed by atoms with Crippen LogP contribution in [0.1, 0.15) is 31.2 Å². The number of aryl methyl sites for hydroxylation is 1. The van der Waals surface area contributed by atoms with E-state index < -0.39 is 0 Å². The molecule has 1 unspecified atom stereocenters. The van der Waals surface area contributed by atoms with Crippen LogP contribution in [-0.4, -0.2) is 32.3 Å². The lowest BCUT2D eigenvalue weighted by Gasteiger charge is -2.10. The summed E-state index contributed by atoms with van der Waals surface area (Å²) < 4.78 is 10.7. The SMILES string of the molecule is COc1cccc(CCC(=O)NCCC2CCCO2)c1. The highest BCUT2D eigenvalue weighted by atomic mass is 16.5. The van der Waals surface area contributed by atoms with E-state index >= 15 is 0 Å². The average Bonchev–Trinajstić information content (AvgIpc) is 2.98. The second-order valence-electron chi connectivity index (χ2n) is 5.13. The number of methoxy groups -OCH3 is 1. The molecule has 0 radical (unpaired) electrons. The number of ether oxygens (including phenoxy) is 2. The Balaban J connectivity index is 1.63. The van der Waals surface area contributed by atoms with Gasteiger partial charge >= 0.3 is 0 Å². The van der Waals surface area contributed by atoms with Crippen molar-refractivity contribution in [1.29, 1.82) is 0 Å². The molecule has 0 spiro atoms. The Kier molecular flexibility index (Phi) is 5.87. The molecule has 4 nitrogen and oxygen atoms in total. The Hall–Kier alpha value is -1.55. The van der Waals surface area contributed by atoms with Gasteiger partial charge in [0.05, 0.1) is 13.2 Å². The number of amides is 1. The maximum absolute atomic E-state index is 11.8. The number of nitrogens with one attached hydrogen (secondary N) is 1. The fourth-order valence-electron chi connectivity index (χ4n) is 2.42. The molecule has 1 heterocycles. The minimum Gasteiger partial charge on any atom is -0.497 e. The van der Waals surface area contributed by atoms with Crippen molar-refractivity contribution in [3.05, 3.63) is 29.8 Å². The van der Waals surface area contributed by atoms with Gasteiger partial charge in [0, 0.05) is 19.6 Å². The monoisotopic (exact) mass is 277 g/mol. The lowest BCUT2D eigenvalue weighted by atomic mass is 10.1. The molecule has 0 bridgehead atoms. The summed E-state index contributed by atoms with van der Waals surface area (Å²) in [6, 6.07) is 7.84. The summed E-state index contributed by atoms with van der Waals surface area (Å²) >= 11 is 0. The molecular formula is C16H23NO3. The van der Waals surface area contributed by atoms with Crippen molar-refractivity contribution in [3.8, 4) is 5.75 Å². The first kappa shape index (κ1) is 14.9. The summed E-state index contributed by atoms with van der Waals surface area (Å²) in [6.07, 6.45) is 4.79. The van der Waals surface area contributed by atoms with Crippen molar-refractivity contribution in [2.75, 3.05) is 20.3 Å². The third-order valence-corrected chi connectivity index (χ3v) is 3.59. The van der Waals surface area contributed by atoms with Crippen molar-refractivity contribution >= 4 is 5.91 Å². The van der Waals surface area contributed by atoms with E-state index in [4.69, 9.17) is 9.47 Å². The van der Waals surface area contributed by atoms with Gasteiger partial charge < -0.3 is 14.8 Å². The van der Waals surface area contributed by atoms with E-state index in [2.05, 4.69) is 5.32 Å². The lowest BCUT2D eigenvalue weighted by Crippen LogP contribution is -2.27. The van der Waals surface area contributed by atoms with E-state index in [9.17, 15) is 4.79 Å². The predicted molar refractivity (Wildman–Crippen MR) is 77.9 cm³/mol. The molecule has 0 aliphatic carbocycles. The second kappa shape index (κ2) is 7.90. The molecule has 2 rings (SSSR count). The van der Waals surface area contributed by atoms with Crippen molar-refractivity contribution in [2.45, 2.75) is 38.2 Å². The van der Waals surface area contributed by atoms with Gasteiger partial charge in [0.25, 0.3) is 0 Å². The molecule has 0 aromatic heterocycles. The van der Waals surface area contributed by atoms with E-state index in [1.165, 1.54) is 0 Å². The number of rotatable bonds is 7. The van der Waals surface area contributed by atoms with Gasteiger partial charge in [-0.3, -0.25) is 4.79 Å². The van der Waals surface area contributed by atoms with Gasteiger partial charge in [-0.15, -0.1) is 0 Å². The molecular weight excluding hydrogens is 254 g/mol. The van der Waals surface area contributed by atoms with Gasteiger partial charge in [-0.25, -0.2) is 0 Å². The maximum Gasteiger partial charge on any atom is 0.220 e. The minimum atomic E-state index is 0.103. The second-order valence-corrected chi connectivity index (χ2v) is 5.13. The van der Waals surface area contributed by atoms with E-state index in [-0.39, 0.29) is 5.91 Å². The van der Waals surface area contributed by atoms with Crippen LogP contribution in [0.4, 0.5) is 0 Å². The van der Waals surface area contributed by atoms with E-state index in [1.807, 2.05) is 24.3 Å². The van der Waals surface area contributed by atoms with Crippen molar-refractivity contribution in [2.24, 2.45) is 0 Å². The molecule has 4 heteroatoms. The van der Waals surface area contributed by atoms with Gasteiger partial charge in [-0.05, 0) is 43.4 Å². The fourth-order valence-corrected chi connectivity index (χ4v) is 2.42. The smallest absolute Gasteiger partial charge is 0.220 e. The van der Waals surface area contributed by atoms with Crippen LogP contribution < -0.4 is 10.1 Å². The number of benzene rings is 1. The maximum atomic E-state index is 11.8. The normalized spacial score (nSPS) is 17.9. The van der Waals surface area contributed by atoms with Crippen LogP contribution >= 0.6 is 0 Å². The lowest BCUT2D eigenvalue weighted by molar-refractivity contribution is -0.121. The number of hydrogen-bond donors (Lipinski definition) is 1. The summed E-state index contributed by atoms with van der Waals surface area (Å²) in [5.74, 6) is 0.937. The van der Waals surface area contributed by atoms with Crippen molar-refractivity contribution in [3.63, 3.8) is 0 Å². The van der Waals surface area contributed by atoms with Gasteiger partial charge in [0.1, 0.15) is 5.75 Å². The molecule has 1 aliphatic heterocycles. The van der Waals surface area contributed by atoms with Crippen LogP contribution in [0.15, 0.2) is 24.3 Å². The Morgan fingerprint density at radius 3 is 3.15 bits per heavy atom. The third kappa shape index (κ3) is 4.85. The zero-order chi connectivity index (χ0) is 14.2. The number of carbonyl (C=O) groups excluding carboxylic acids is 1. The zero-order valence-corrected chi connectivity index (χ0v) is 12.1. The molecule has 1 N–H and O–H groups in total. The Bertz CT molecular complexity index is 427. The molecule has 1 saturated heterocycles. The minimum absolute atomic E-state index is 0.103. The summed E-state index contributed by atoms with van der Waals surface area (Å²) in [5.41, 5.74) is 1.12. The quantitative estimate of drug-likeness (QED) is 0.832. The van der Waals surface area contributed by atoms with Crippen LogP contribution in [0.2, 0.25) is 0 Å². The Morgan fingerprint density at radius 2 is 2.40 bits per heavy atom. The molecule has 1 fully saturated rings. The summed E-state index contributed by atoms with van der Waals surface area (Å²) in [5, 5.41) is 2.96. The molecule has 0 saturated carbocycles. The van der Waals surface area contributed by atoms with Gasteiger partial charge in [-0.2, -0.15) is 0 Å². The fraction of sp³-hybridized carbons (Fsp3) is 0.562. The van der Waals surface area contributed by atoms with Crippen LogP contribution in [0.5, 0.6) is 5.75 Å². The topological polar surface area (TPSA) is 47.6 Å². The number of carbonyl (C=O) groups is 1. The van der Waals surface area contributed by atoms with E-state index in [1.54, 1.807) is 7.11 Å². The third-order valence-electron chi connectivity index (χ3n) is 3.59. The molecule has 20 heavy (non-hydrogen) atoms. The predicted octanol–water partition coefficient (Wildman–Crippen LogP) is 2.31. The summed E-state index contributed by atoms with van der Waals surface area (Å²) in [6.45, 7) is 1.58. The first-order valence-corrected chi connectivity index (χ1v) is 7.29. The molecule has 1 aromatic carbocycles. The molecule has 110 valence electrons. The van der Waals surface area contributed by atoms with E-state index in [0.717, 1.165) is 43.6 Å². The molecule has 1 amide bonds. The molecule has 1 atom stereocenters. The molecule has 1 aromatic rings. The zero-order valence-electron chi connectivity index (χ0n) is 12.1.